The number of aryl methyl sites for hydroxylation is 1. The molecule has 2 heterocycles. The molecule has 0 saturated carbocycles. The fraction of sp³-hybridized carbons (Fsp3) is 0.200. The molecule has 0 aliphatic heterocycles. The van der Waals surface area contributed by atoms with Crippen LogP contribution in [-0.2, 0) is 6.54 Å². The van der Waals surface area contributed by atoms with E-state index in [0.717, 1.165) is 22.0 Å². The van der Waals surface area contributed by atoms with Gasteiger partial charge >= 0.3 is 0 Å². The second-order valence-corrected chi connectivity index (χ2v) is 4.53. The van der Waals surface area contributed by atoms with E-state index in [-0.39, 0.29) is 0 Å². The molecule has 2 aromatic heterocycles. The maximum Gasteiger partial charge on any atom is 0.124 e. The van der Waals surface area contributed by atoms with E-state index in [4.69, 9.17) is 12.2 Å². The quantitative estimate of drug-likeness (QED) is 0.615. The van der Waals surface area contributed by atoms with Gasteiger partial charge in [-0.3, -0.25) is 9.97 Å². The van der Waals surface area contributed by atoms with E-state index in [1.54, 1.807) is 42.7 Å². The Hall–Kier alpha value is -1.27. The van der Waals surface area contributed by atoms with Gasteiger partial charge in [0, 0.05) is 37.1 Å². The third kappa shape index (κ3) is 3.11. The van der Waals surface area contributed by atoms with Crippen LogP contribution in [0.4, 0.5) is 0 Å². The second kappa shape index (κ2) is 5.72. The van der Waals surface area contributed by atoms with E-state index in [9.17, 15) is 0 Å². The molecule has 0 saturated heterocycles. The molecule has 0 aromatic carbocycles. The average Bonchev–Trinajstić information content (AvgIpc) is 2.33. The molecule has 0 amide bonds. The molecule has 4 nitrogen and oxygen atoms in total. The van der Waals surface area contributed by atoms with Gasteiger partial charge in [0.1, 0.15) is 9.67 Å². The van der Waals surface area contributed by atoms with Crippen LogP contribution < -0.4 is 0 Å². The molecule has 0 aliphatic rings. The second-order valence-electron chi connectivity index (χ2n) is 3.00. The van der Waals surface area contributed by atoms with Crippen molar-refractivity contribution in [3.8, 4) is 0 Å². The first-order valence-corrected chi connectivity index (χ1v) is 6.15. The predicted molar refractivity (Wildman–Crippen MR) is 65.8 cm³/mol. The number of hydrogen-bond donors (Lipinski definition) is 0. The SMILES string of the molecule is S=c1cnccn1CCSc1cnccn1. The molecule has 2 aromatic rings. The highest BCUT2D eigenvalue weighted by molar-refractivity contribution is 7.99. The standard InChI is InChI=1S/C10H10N4S2/c15-10-8-12-3-4-14(10)5-6-16-9-7-11-1-2-13-9/h1-4,7-8H,5-6H2. The lowest BCUT2D eigenvalue weighted by molar-refractivity contribution is 0.743. The minimum atomic E-state index is 0.752. The van der Waals surface area contributed by atoms with E-state index in [1.165, 1.54) is 0 Å². The number of rotatable bonds is 4. The maximum absolute atomic E-state index is 5.15. The number of nitrogens with zero attached hydrogens (tertiary/aromatic N) is 4. The molecule has 6 heteroatoms. The van der Waals surface area contributed by atoms with Crippen molar-refractivity contribution in [2.24, 2.45) is 0 Å². The Labute approximate surface area is 103 Å². The summed E-state index contributed by atoms with van der Waals surface area (Å²) in [7, 11) is 0. The summed E-state index contributed by atoms with van der Waals surface area (Å²) in [6, 6.07) is 0. The normalized spacial score (nSPS) is 10.2. The summed E-state index contributed by atoms with van der Waals surface area (Å²) in [6.45, 7) is 0.850. The fourth-order valence-corrected chi connectivity index (χ4v) is 2.15. The Morgan fingerprint density at radius 2 is 2.06 bits per heavy atom. The van der Waals surface area contributed by atoms with Gasteiger partial charge in [0.15, 0.2) is 0 Å². The maximum atomic E-state index is 5.15. The monoisotopic (exact) mass is 250 g/mol. The van der Waals surface area contributed by atoms with Crippen molar-refractivity contribution < 1.29 is 0 Å². The summed E-state index contributed by atoms with van der Waals surface area (Å²) in [5, 5.41) is 0.933. The van der Waals surface area contributed by atoms with Crippen molar-refractivity contribution in [1.82, 2.24) is 19.5 Å². The van der Waals surface area contributed by atoms with Crippen LogP contribution in [-0.4, -0.2) is 25.3 Å². The minimum absolute atomic E-state index is 0.752. The van der Waals surface area contributed by atoms with E-state index >= 15 is 0 Å². The molecule has 0 bridgehead atoms. The van der Waals surface area contributed by atoms with Crippen molar-refractivity contribution in [2.75, 3.05) is 5.75 Å². The largest absolute Gasteiger partial charge is 0.336 e. The van der Waals surface area contributed by atoms with Crippen LogP contribution in [0.2, 0.25) is 0 Å². The minimum Gasteiger partial charge on any atom is -0.336 e. The highest BCUT2D eigenvalue weighted by atomic mass is 32.2. The predicted octanol–water partition coefficient (Wildman–Crippen LogP) is 2.19. The topological polar surface area (TPSA) is 43.6 Å². The van der Waals surface area contributed by atoms with Gasteiger partial charge in [-0.2, -0.15) is 0 Å². The van der Waals surface area contributed by atoms with Crippen LogP contribution in [0.1, 0.15) is 0 Å². The Bertz CT molecular complexity index is 497. The van der Waals surface area contributed by atoms with Crippen LogP contribution in [0.3, 0.4) is 0 Å². The highest BCUT2D eigenvalue weighted by Gasteiger charge is 1.96. The molecule has 0 N–H and O–H groups in total. The molecule has 16 heavy (non-hydrogen) atoms. The van der Waals surface area contributed by atoms with E-state index in [1.807, 2.05) is 10.8 Å². The molecule has 0 atom stereocenters. The first-order chi connectivity index (χ1) is 7.86. The van der Waals surface area contributed by atoms with Gasteiger partial charge in [-0.25, -0.2) is 4.98 Å². The summed E-state index contributed by atoms with van der Waals surface area (Å²) in [5.74, 6) is 0.914. The molecule has 82 valence electrons. The summed E-state index contributed by atoms with van der Waals surface area (Å²) in [4.78, 5) is 12.1. The zero-order chi connectivity index (χ0) is 11.2. The zero-order valence-corrected chi connectivity index (χ0v) is 10.1. The first-order valence-electron chi connectivity index (χ1n) is 4.75. The summed E-state index contributed by atoms with van der Waals surface area (Å²) in [5.41, 5.74) is 0. The fourth-order valence-electron chi connectivity index (χ4n) is 1.17. The number of hydrogen-bond acceptors (Lipinski definition) is 5. The molecule has 2 rings (SSSR count). The van der Waals surface area contributed by atoms with Gasteiger partial charge in [0.05, 0.1) is 12.4 Å². The van der Waals surface area contributed by atoms with E-state index in [2.05, 4.69) is 15.0 Å². The lowest BCUT2D eigenvalue weighted by atomic mass is 10.6. The Balaban J connectivity index is 1.90. The Morgan fingerprint density at radius 3 is 2.81 bits per heavy atom. The van der Waals surface area contributed by atoms with Crippen LogP contribution >= 0.6 is 24.0 Å². The van der Waals surface area contributed by atoms with Gasteiger partial charge in [-0.1, -0.05) is 12.2 Å². The molecular formula is C10H10N4S2. The van der Waals surface area contributed by atoms with Crippen molar-refractivity contribution in [1.29, 1.82) is 0 Å². The molecule has 0 unspecified atom stereocenters. The van der Waals surface area contributed by atoms with E-state index in [0.29, 0.717) is 0 Å². The van der Waals surface area contributed by atoms with Gasteiger partial charge in [-0.05, 0) is 0 Å². The number of thioether (sulfide) groups is 1. The molecule has 0 spiro atoms. The van der Waals surface area contributed by atoms with Gasteiger partial charge in [0.2, 0.25) is 0 Å². The zero-order valence-electron chi connectivity index (χ0n) is 8.48. The Kier molecular flexibility index (Phi) is 4.01. The third-order valence-corrected chi connectivity index (χ3v) is 3.16. The summed E-state index contributed by atoms with van der Waals surface area (Å²) >= 11 is 6.81. The van der Waals surface area contributed by atoms with Crippen LogP contribution in [0.15, 0.2) is 42.2 Å². The first kappa shape index (κ1) is 11.2. The Morgan fingerprint density at radius 1 is 1.19 bits per heavy atom. The molecule has 0 aliphatic carbocycles. The molecule has 0 radical (unpaired) electrons. The lowest BCUT2D eigenvalue weighted by Gasteiger charge is -2.04. The van der Waals surface area contributed by atoms with E-state index < -0.39 is 0 Å². The van der Waals surface area contributed by atoms with Crippen molar-refractivity contribution >= 4 is 24.0 Å². The summed E-state index contributed by atoms with van der Waals surface area (Å²) < 4.78 is 2.74. The van der Waals surface area contributed by atoms with Gasteiger partial charge < -0.3 is 4.57 Å². The number of aromatic nitrogens is 4. The van der Waals surface area contributed by atoms with Crippen molar-refractivity contribution in [2.45, 2.75) is 11.6 Å². The van der Waals surface area contributed by atoms with Crippen molar-refractivity contribution in [3.05, 3.63) is 41.8 Å². The van der Waals surface area contributed by atoms with Crippen LogP contribution in [0, 0.1) is 4.64 Å². The van der Waals surface area contributed by atoms with Crippen molar-refractivity contribution in [3.63, 3.8) is 0 Å². The highest BCUT2D eigenvalue weighted by Crippen LogP contribution is 2.12. The summed E-state index contributed by atoms with van der Waals surface area (Å²) in [6.07, 6.45) is 10.4. The lowest BCUT2D eigenvalue weighted by Crippen LogP contribution is -2.02. The van der Waals surface area contributed by atoms with Crippen LogP contribution in [0.25, 0.3) is 0 Å². The molecule has 0 fully saturated rings. The van der Waals surface area contributed by atoms with Gasteiger partial charge in [0.25, 0.3) is 0 Å². The van der Waals surface area contributed by atoms with Crippen LogP contribution in [0.5, 0.6) is 0 Å². The smallest absolute Gasteiger partial charge is 0.124 e. The third-order valence-electron chi connectivity index (χ3n) is 1.92. The average molecular weight is 250 g/mol. The molecular weight excluding hydrogens is 240 g/mol. The van der Waals surface area contributed by atoms with Gasteiger partial charge in [-0.15, -0.1) is 11.8 Å².